The molecule has 0 saturated carbocycles. The quantitative estimate of drug-likeness (QED) is 0.719. The Morgan fingerprint density at radius 1 is 1.75 bits per heavy atom. The monoisotopic (exact) mass is 225 g/mol. The number of aliphatic hydroxyl groups excluding tert-OH is 1. The summed E-state index contributed by atoms with van der Waals surface area (Å²) in [6.07, 6.45) is 2.87. The molecular weight excluding hydrogens is 210 g/mol. The summed E-state index contributed by atoms with van der Waals surface area (Å²) in [6.45, 7) is 1.39. The number of carbonyl (C=O) groups excluding carboxylic acids is 1. The minimum atomic E-state index is -0.272. The molecule has 1 aliphatic heterocycles. The number of rotatable bonds is 2. The van der Waals surface area contributed by atoms with Gasteiger partial charge in [-0.25, -0.2) is 4.98 Å². The van der Waals surface area contributed by atoms with Crippen molar-refractivity contribution >= 4 is 5.91 Å². The molecule has 1 N–H and O–H groups in total. The van der Waals surface area contributed by atoms with Gasteiger partial charge in [0.25, 0.3) is 5.91 Å². The fourth-order valence-electron chi connectivity index (χ4n) is 1.74. The zero-order valence-electron chi connectivity index (χ0n) is 9.17. The number of hydrogen-bond acceptors (Lipinski definition) is 4. The maximum absolute atomic E-state index is 12.1. The van der Waals surface area contributed by atoms with E-state index in [9.17, 15) is 4.79 Å². The normalized spacial score (nSPS) is 21.1. The molecule has 0 spiro atoms. The lowest BCUT2D eigenvalue weighted by Gasteiger charge is -2.31. The van der Waals surface area contributed by atoms with Gasteiger partial charge < -0.3 is 19.3 Å². The van der Waals surface area contributed by atoms with Gasteiger partial charge in [0.1, 0.15) is 5.69 Å². The molecule has 1 fully saturated rings. The van der Waals surface area contributed by atoms with Crippen LogP contribution in [0.2, 0.25) is 0 Å². The summed E-state index contributed by atoms with van der Waals surface area (Å²) < 4.78 is 6.98. The Bertz CT molecular complexity index is 377. The lowest BCUT2D eigenvalue weighted by Crippen LogP contribution is -2.47. The Morgan fingerprint density at radius 3 is 3.19 bits per heavy atom. The Kier molecular flexibility index (Phi) is 3.21. The van der Waals surface area contributed by atoms with E-state index in [1.807, 2.05) is 0 Å². The van der Waals surface area contributed by atoms with Crippen LogP contribution >= 0.6 is 0 Å². The van der Waals surface area contributed by atoms with Gasteiger partial charge in [-0.3, -0.25) is 4.79 Å². The van der Waals surface area contributed by atoms with Crippen molar-refractivity contribution in [3.8, 4) is 0 Å². The van der Waals surface area contributed by atoms with Crippen LogP contribution in [0.3, 0.4) is 0 Å². The van der Waals surface area contributed by atoms with Crippen molar-refractivity contribution < 1.29 is 14.6 Å². The molecule has 1 aromatic rings. The van der Waals surface area contributed by atoms with Crippen LogP contribution in [0.1, 0.15) is 10.5 Å². The molecule has 0 aliphatic carbocycles. The molecule has 16 heavy (non-hydrogen) atoms. The van der Waals surface area contributed by atoms with E-state index in [0.29, 0.717) is 25.4 Å². The highest BCUT2D eigenvalue weighted by atomic mass is 16.5. The van der Waals surface area contributed by atoms with Crippen LogP contribution in [0.5, 0.6) is 0 Å². The van der Waals surface area contributed by atoms with E-state index in [-0.39, 0.29) is 18.6 Å². The molecule has 1 amide bonds. The maximum atomic E-state index is 12.1. The molecule has 1 unspecified atom stereocenters. The SMILES string of the molecule is Cn1cncc1C(=O)N1CCOC(CO)C1. The van der Waals surface area contributed by atoms with Crippen molar-refractivity contribution in [1.82, 2.24) is 14.5 Å². The summed E-state index contributed by atoms with van der Waals surface area (Å²) >= 11 is 0. The van der Waals surface area contributed by atoms with Gasteiger partial charge in [-0.1, -0.05) is 0 Å². The maximum Gasteiger partial charge on any atom is 0.272 e. The number of ether oxygens (including phenoxy) is 1. The van der Waals surface area contributed by atoms with Crippen molar-refractivity contribution in [2.75, 3.05) is 26.3 Å². The fraction of sp³-hybridized carbons (Fsp3) is 0.600. The molecule has 2 heterocycles. The number of morpholine rings is 1. The van der Waals surface area contributed by atoms with Gasteiger partial charge in [0.2, 0.25) is 0 Å². The Morgan fingerprint density at radius 2 is 2.56 bits per heavy atom. The third-order valence-corrected chi connectivity index (χ3v) is 2.67. The van der Waals surface area contributed by atoms with E-state index < -0.39 is 0 Å². The standard InChI is InChI=1S/C10H15N3O3/c1-12-7-11-4-9(12)10(15)13-2-3-16-8(5-13)6-14/h4,7-8,14H,2-3,5-6H2,1H3. The zero-order valence-corrected chi connectivity index (χ0v) is 9.17. The Hall–Kier alpha value is -1.40. The van der Waals surface area contributed by atoms with Crippen LogP contribution in [0.25, 0.3) is 0 Å². The number of aryl methyl sites for hydroxylation is 1. The summed E-state index contributed by atoms with van der Waals surface area (Å²) in [5.74, 6) is -0.0678. The lowest BCUT2D eigenvalue weighted by molar-refractivity contribution is -0.0449. The lowest BCUT2D eigenvalue weighted by atomic mass is 10.2. The van der Waals surface area contributed by atoms with Gasteiger partial charge >= 0.3 is 0 Å². The van der Waals surface area contributed by atoms with E-state index >= 15 is 0 Å². The largest absolute Gasteiger partial charge is 0.394 e. The fourth-order valence-corrected chi connectivity index (χ4v) is 1.74. The van der Waals surface area contributed by atoms with Crippen LogP contribution in [0.15, 0.2) is 12.5 Å². The van der Waals surface area contributed by atoms with Gasteiger partial charge in [0, 0.05) is 20.1 Å². The first-order chi connectivity index (χ1) is 7.72. The van der Waals surface area contributed by atoms with Gasteiger partial charge in [0.15, 0.2) is 0 Å². The van der Waals surface area contributed by atoms with E-state index in [1.165, 1.54) is 0 Å². The number of carbonyl (C=O) groups is 1. The van der Waals surface area contributed by atoms with Crippen LogP contribution in [-0.2, 0) is 11.8 Å². The van der Waals surface area contributed by atoms with E-state index in [0.717, 1.165) is 0 Å². The van der Waals surface area contributed by atoms with Crippen molar-refractivity contribution in [2.45, 2.75) is 6.10 Å². The minimum absolute atomic E-state index is 0.0604. The highest BCUT2D eigenvalue weighted by Gasteiger charge is 2.25. The number of amides is 1. The third-order valence-electron chi connectivity index (χ3n) is 2.67. The van der Waals surface area contributed by atoms with Crippen LogP contribution in [-0.4, -0.2) is 57.9 Å². The molecule has 1 saturated heterocycles. The molecule has 6 heteroatoms. The molecule has 0 radical (unpaired) electrons. The predicted octanol–water partition coefficient (Wildman–Crippen LogP) is -0.747. The van der Waals surface area contributed by atoms with Crippen LogP contribution < -0.4 is 0 Å². The second-order valence-corrected chi connectivity index (χ2v) is 3.82. The summed E-state index contributed by atoms with van der Waals surface area (Å²) in [6, 6.07) is 0. The first-order valence-electron chi connectivity index (χ1n) is 5.20. The summed E-state index contributed by atoms with van der Waals surface area (Å²) in [4.78, 5) is 17.7. The molecule has 1 aromatic heterocycles. The molecule has 6 nitrogen and oxygen atoms in total. The predicted molar refractivity (Wildman–Crippen MR) is 55.9 cm³/mol. The second kappa shape index (κ2) is 4.63. The summed E-state index contributed by atoms with van der Waals surface area (Å²) in [5.41, 5.74) is 0.554. The average Bonchev–Trinajstić information content (AvgIpc) is 2.74. The topological polar surface area (TPSA) is 67.6 Å². The van der Waals surface area contributed by atoms with Gasteiger partial charge in [-0.2, -0.15) is 0 Å². The number of nitrogens with zero attached hydrogens (tertiary/aromatic N) is 3. The Labute approximate surface area is 93.4 Å². The van der Waals surface area contributed by atoms with Crippen molar-refractivity contribution in [2.24, 2.45) is 7.05 Å². The Balaban J connectivity index is 2.07. The molecule has 1 aliphatic rings. The molecule has 88 valence electrons. The van der Waals surface area contributed by atoms with Gasteiger partial charge in [0.05, 0.1) is 31.8 Å². The smallest absolute Gasteiger partial charge is 0.272 e. The highest BCUT2D eigenvalue weighted by molar-refractivity contribution is 5.92. The zero-order chi connectivity index (χ0) is 11.5. The third kappa shape index (κ3) is 2.07. The molecule has 0 bridgehead atoms. The minimum Gasteiger partial charge on any atom is -0.394 e. The van der Waals surface area contributed by atoms with Crippen molar-refractivity contribution in [3.63, 3.8) is 0 Å². The van der Waals surface area contributed by atoms with Crippen LogP contribution in [0, 0.1) is 0 Å². The summed E-state index contributed by atoms with van der Waals surface area (Å²) in [7, 11) is 1.78. The summed E-state index contributed by atoms with van der Waals surface area (Å²) in [5, 5.41) is 9.00. The number of hydrogen-bond donors (Lipinski definition) is 1. The van der Waals surface area contributed by atoms with E-state index in [1.54, 1.807) is 29.0 Å². The van der Waals surface area contributed by atoms with E-state index in [4.69, 9.17) is 9.84 Å². The second-order valence-electron chi connectivity index (χ2n) is 3.82. The van der Waals surface area contributed by atoms with Gasteiger partial charge in [-0.05, 0) is 0 Å². The molecule has 1 atom stereocenters. The van der Waals surface area contributed by atoms with Crippen LogP contribution in [0.4, 0.5) is 0 Å². The van der Waals surface area contributed by atoms with Gasteiger partial charge in [-0.15, -0.1) is 0 Å². The number of imidazole rings is 1. The molecule has 0 aromatic carbocycles. The highest BCUT2D eigenvalue weighted by Crippen LogP contribution is 2.09. The first kappa shape index (κ1) is 11.1. The average molecular weight is 225 g/mol. The number of aliphatic hydroxyl groups is 1. The number of aromatic nitrogens is 2. The first-order valence-corrected chi connectivity index (χ1v) is 5.20. The van der Waals surface area contributed by atoms with Crippen molar-refractivity contribution in [1.29, 1.82) is 0 Å². The molecule has 2 rings (SSSR count). The molecular formula is C10H15N3O3. The van der Waals surface area contributed by atoms with E-state index in [2.05, 4.69) is 4.98 Å². The van der Waals surface area contributed by atoms with Crippen molar-refractivity contribution in [3.05, 3.63) is 18.2 Å².